The highest BCUT2D eigenvalue weighted by atomic mass is 32.1. The largest absolute Gasteiger partial charge is 0.242 e. The smallest absolute Gasteiger partial charge is 0.0932 e. The molecule has 0 bridgehead atoms. The van der Waals surface area contributed by atoms with Crippen molar-refractivity contribution in [2.75, 3.05) is 0 Å². The Morgan fingerprint density at radius 1 is 1.19 bits per heavy atom. The minimum absolute atomic E-state index is 1.07. The Labute approximate surface area is 100 Å². The van der Waals surface area contributed by atoms with E-state index in [2.05, 4.69) is 41.6 Å². The van der Waals surface area contributed by atoms with Crippen molar-refractivity contribution in [2.45, 2.75) is 19.8 Å². The fourth-order valence-corrected chi connectivity index (χ4v) is 2.34. The number of hydrogen-bond acceptors (Lipinski definition) is 2. The Bertz CT molecular complexity index is 457. The van der Waals surface area contributed by atoms with Crippen molar-refractivity contribution in [3.63, 3.8) is 0 Å². The summed E-state index contributed by atoms with van der Waals surface area (Å²) in [6.07, 6.45) is 6.43. The molecule has 0 amide bonds. The predicted octanol–water partition coefficient (Wildman–Crippen LogP) is 4.27. The minimum Gasteiger partial charge on any atom is -0.242 e. The zero-order valence-corrected chi connectivity index (χ0v) is 10.2. The van der Waals surface area contributed by atoms with E-state index < -0.39 is 0 Å². The third-order valence-electron chi connectivity index (χ3n) is 2.28. The number of nitrogens with zero attached hydrogens (tertiary/aromatic N) is 1. The summed E-state index contributed by atoms with van der Waals surface area (Å²) in [6.45, 7) is 2.18. The van der Waals surface area contributed by atoms with E-state index in [1.165, 1.54) is 10.6 Å². The van der Waals surface area contributed by atoms with Gasteiger partial charge in [-0.25, -0.2) is 4.98 Å². The molecule has 0 saturated carbocycles. The van der Waals surface area contributed by atoms with Crippen LogP contribution in [0.4, 0.5) is 0 Å². The molecule has 0 aliphatic heterocycles. The monoisotopic (exact) mass is 229 g/mol. The Morgan fingerprint density at radius 3 is 2.75 bits per heavy atom. The van der Waals surface area contributed by atoms with Crippen molar-refractivity contribution in [2.24, 2.45) is 0 Å². The highest BCUT2D eigenvalue weighted by Gasteiger charge is 1.97. The molecular formula is C14H15NS. The highest BCUT2D eigenvalue weighted by Crippen LogP contribution is 2.14. The number of thiazole rings is 1. The number of benzene rings is 1. The van der Waals surface area contributed by atoms with Crippen molar-refractivity contribution in [3.05, 3.63) is 52.0 Å². The molecule has 0 aliphatic carbocycles. The molecule has 0 spiro atoms. The molecule has 0 radical (unpaired) electrons. The second-order valence-corrected chi connectivity index (χ2v) is 4.60. The first-order chi connectivity index (χ1) is 7.88. The minimum atomic E-state index is 1.07. The Morgan fingerprint density at radius 2 is 2.00 bits per heavy atom. The lowest BCUT2D eigenvalue weighted by Gasteiger charge is -1.90. The molecular weight excluding hydrogens is 214 g/mol. The topological polar surface area (TPSA) is 12.9 Å². The van der Waals surface area contributed by atoms with E-state index in [9.17, 15) is 0 Å². The summed E-state index contributed by atoms with van der Waals surface area (Å²) >= 11 is 1.75. The second-order valence-electron chi connectivity index (χ2n) is 3.66. The van der Waals surface area contributed by atoms with Gasteiger partial charge in [0.25, 0.3) is 0 Å². The molecule has 82 valence electrons. The maximum Gasteiger partial charge on any atom is 0.0932 e. The molecule has 1 nitrogen and oxygen atoms in total. The van der Waals surface area contributed by atoms with Crippen LogP contribution in [0.25, 0.3) is 12.2 Å². The van der Waals surface area contributed by atoms with Crippen LogP contribution in [0.15, 0.2) is 35.7 Å². The maximum absolute atomic E-state index is 4.55. The van der Waals surface area contributed by atoms with Gasteiger partial charge in [0.1, 0.15) is 0 Å². The first-order valence-electron chi connectivity index (χ1n) is 5.56. The van der Waals surface area contributed by atoms with Gasteiger partial charge in [0.15, 0.2) is 0 Å². The van der Waals surface area contributed by atoms with Gasteiger partial charge in [-0.3, -0.25) is 0 Å². The molecule has 2 rings (SSSR count). The number of rotatable bonds is 4. The van der Waals surface area contributed by atoms with Crippen LogP contribution in [0, 0.1) is 0 Å². The summed E-state index contributed by atoms with van der Waals surface area (Å²) in [5.41, 5.74) is 2.28. The van der Waals surface area contributed by atoms with E-state index in [0.29, 0.717) is 0 Å². The summed E-state index contributed by atoms with van der Waals surface area (Å²) in [5, 5.41) is 3.35. The molecule has 0 saturated heterocycles. The van der Waals surface area contributed by atoms with Crippen LogP contribution in [-0.4, -0.2) is 4.98 Å². The van der Waals surface area contributed by atoms with E-state index in [-0.39, 0.29) is 0 Å². The summed E-state index contributed by atoms with van der Waals surface area (Å²) in [6, 6.07) is 10.3. The third-order valence-corrected chi connectivity index (χ3v) is 3.21. The molecule has 2 heteroatoms. The lowest BCUT2D eigenvalue weighted by molar-refractivity contribution is 0.907. The van der Waals surface area contributed by atoms with Gasteiger partial charge < -0.3 is 0 Å². The SMILES string of the molecule is CCCc1nc(/C=C/c2ccccc2)cs1. The third kappa shape index (κ3) is 3.04. The molecule has 0 aliphatic rings. The Kier molecular flexibility index (Phi) is 3.89. The van der Waals surface area contributed by atoms with E-state index in [1.807, 2.05) is 18.2 Å². The number of aryl methyl sites for hydroxylation is 1. The maximum atomic E-state index is 4.55. The normalized spacial score (nSPS) is 11.1. The molecule has 2 aromatic rings. The zero-order valence-electron chi connectivity index (χ0n) is 9.39. The number of hydrogen-bond donors (Lipinski definition) is 0. The lowest BCUT2D eigenvalue weighted by atomic mass is 10.2. The molecule has 0 N–H and O–H groups in total. The summed E-state index contributed by atoms with van der Waals surface area (Å²) < 4.78 is 0. The molecule has 0 unspecified atom stereocenters. The predicted molar refractivity (Wildman–Crippen MR) is 71.5 cm³/mol. The van der Waals surface area contributed by atoms with Gasteiger partial charge in [0, 0.05) is 5.38 Å². The van der Waals surface area contributed by atoms with Crippen LogP contribution in [0.3, 0.4) is 0 Å². The van der Waals surface area contributed by atoms with E-state index in [0.717, 1.165) is 18.5 Å². The van der Waals surface area contributed by atoms with Crippen molar-refractivity contribution in [1.29, 1.82) is 0 Å². The van der Waals surface area contributed by atoms with Gasteiger partial charge in [0.2, 0.25) is 0 Å². The fourth-order valence-electron chi connectivity index (χ4n) is 1.48. The molecule has 1 aromatic heterocycles. The Balaban J connectivity index is 2.06. The molecule has 1 aromatic carbocycles. The fraction of sp³-hybridized carbons (Fsp3) is 0.214. The van der Waals surface area contributed by atoms with Crippen LogP contribution in [0.5, 0.6) is 0 Å². The van der Waals surface area contributed by atoms with Crippen molar-refractivity contribution in [1.82, 2.24) is 4.98 Å². The van der Waals surface area contributed by atoms with Gasteiger partial charge >= 0.3 is 0 Å². The van der Waals surface area contributed by atoms with E-state index >= 15 is 0 Å². The highest BCUT2D eigenvalue weighted by molar-refractivity contribution is 7.09. The molecule has 0 fully saturated rings. The average Bonchev–Trinajstić information content (AvgIpc) is 2.76. The lowest BCUT2D eigenvalue weighted by Crippen LogP contribution is -1.80. The quantitative estimate of drug-likeness (QED) is 0.763. The summed E-state index contributed by atoms with van der Waals surface area (Å²) in [7, 11) is 0. The zero-order chi connectivity index (χ0) is 11.2. The van der Waals surface area contributed by atoms with Crippen molar-refractivity contribution in [3.8, 4) is 0 Å². The Hall–Kier alpha value is -1.41. The van der Waals surface area contributed by atoms with Crippen molar-refractivity contribution < 1.29 is 0 Å². The molecule has 1 heterocycles. The van der Waals surface area contributed by atoms with Gasteiger partial charge in [-0.1, -0.05) is 43.3 Å². The van der Waals surface area contributed by atoms with Crippen molar-refractivity contribution >= 4 is 23.5 Å². The van der Waals surface area contributed by atoms with E-state index in [1.54, 1.807) is 11.3 Å². The molecule has 0 atom stereocenters. The summed E-state index contributed by atoms with van der Waals surface area (Å²) in [4.78, 5) is 4.55. The van der Waals surface area contributed by atoms with Crippen LogP contribution in [0.2, 0.25) is 0 Å². The van der Waals surface area contributed by atoms with Gasteiger partial charge in [-0.15, -0.1) is 11.3 Å². The van der Waals surface area contributed by atoms with Crippen LogP contribution in [0.1, 0.15) is 29.6 Å². The van der Waals surface area contributed by atoms with Gasteiger partial charge in [-0.05, 0) is 24.5 Å². The number of aromatic nitrogens is 1. The standard InChI is InChI=1S/C14H15NS/c1-2-6-14-15-13(11-16-14)10-9-12-7-4-3-5-8-12/h3-5,7-11H,2,6H2,1H3/b10-9+. The first-order valence-corrected chi connectivity index (χ1v) is 6.44. The van der Waals surface area contributed by atoms with Crippen LogP contribution in [-0.2, 0) is 6.42 Å². The van der Waals surface area contributed by atoms with E-state index in [4.69, 9.17) is 0 Å². The van der Waals surface area contributed by atoms with Gasteiger partial charge in [-0.2, -0.15) is 0 Å². The van der Waals surface area contributed by atoms with Gasteiger partial charge in [0.05, 0.1) is 10.7 Å². The molecule has 16 heavy (non-hydrogen) atoms. The summed E-state index contributed by atoms with van der Waals surface area (Å²) in [5.74, 6) is 0. The second kappa shape index (κ2) is 5.61. The van der Waals surface area contributed by atoms with Crippen LogP contribution < -0.4 is 0 Å². The first kappa shape index (κ1) is 11.1. The van der Waals surface area contributed by atoms with Crippen LogP contribution >= 0.6 is 11.3 Å². The average molecular weight is 229 g/mol.